The normalized spacial score (nSPS) is 10.7. The number of carbonyl (C=O) groups is 1. The van der Waals surface area contributed by atoms with E-state index in [1.165, 1.54) is 57.8 Å². The van der Waals surface area contributed by atoms with Gasteiger partial charge in [-0.15, -0.1) is 6.42 Å². The fraction of sp³-hybridized carbons (Fsp3) is 0.583. The summed E-state index contributed by atoms with van der Waals surface area (Å²) in [5.74, 6) is 3.05. The SMILES string of the molecule is C#CCOc1ccccc1/C=N\NC(=O)CCCCCCCCCCCCC. The number of nitrogens with one attached hydrogen (secondary N) is 1. The second kappa shape index (κ2) is 16.9. The first kappa shape index (κ1) is 23.8. The van der Waals surface area contributed by atoms with Crippen molar-refractivity contribution in [2.75, 3.05) is 6.61 Å². The van der Waals surface area contributed by atoms with Gasteiger partial charge in [-0.25, -0.2) is 5.43 Å². The Hall–Kier alpha value is -2.28. The highest BCUT2D eigenvalue weighted by Crippen LogP contribution is 2.15. The minimum Gasteiger partial charge on any atom is -0.480 e. The molecule has 1 amide bonds. The largest absolute Gasteiger partial charge is 0.480 e. The molecule has 0 atom stereocenters. The molecule has 0 saturated heterocycles. The molecular weight excluding hydrogens is 348 g/mol. The van der Waals surface area contributed by atoms with Gasteiger partial charge >= 0.3 is 0 Å². The van der Waals surface area contributed by atoms with Crippen molar-refractivity contribution in [1.82, 2.24) is 5.43 Å². The fourth-order valence-corrected chi connectivity index (χ4v) is 3.02. The van der Waals surface area contributed by atoms with Crippen molar-refractivity contribution in [3.05, 3.63) is 29.8 Å². The first-order valence-electron chi connectivity index (χ1n) is 10.7. The van der Waals surface area contributed by atoms with Crippen LogP contribution in [0.25, 0.3) is 0 Å². The minimum absolute atomic E-state index is 0.0470. The summed E-state index contributed by atoms with van der Waals surface area (Å²) in [6, 6.07) is 7.45. The number of ether oxygens (including phenoxy) is 1. The van der Waals surface area contributed by atoms with E-state index in [0.29, 0.717) is 12.2 Å². The molecule has 1 aromatic carbocycles. The Bertz CT molecular complexity index is 605. The summed E-state index contributed by atoms with van der Waals surface area (Å²) in [6.45, 7) is 2.46. The van der Waals surface area contributed by atoms with Crippen molar-refractivity contribution in [3.8, 4) is 18.1 Å². The van der Waals surface area contributed by atoms with Crippen LogP contribution in [0.4, 0.5) is 0 Å². The van der Waals surface area contributed by atoms with Crippen molar-refractivity contribution in [3.63, 3.8) is 0 Å². The number of hydrogen-bond donors (Lipinski definition) is 1. The number of para-hydroxylation sites is 1. The molecule has 0 bridgehead atoms. The summed E-state index contributed by atoms with van der Waals surface area (Å²) in [7, 11) is 0. The molecule has 154 valence electrons. The fourth-order valence-electron chi connectivity index (χ4n) is 3.02. The van der Waals surface area contributed by atoms with E-state index in [4.69, 9.17) is 11.2 Å². The Morgan fingerprint density at radius 1 is 1.04 bits per heavy atom. The lowest BCUT2D eigenvalue weighted by atomic mass is 10.1. The van der Waals surface area contributed by atoms with Crippen molar-refractivity contribution < 1.29 is 9.53 Å². The molecule has 0 heterocycles. The van der Waals surface area contributed by atoms with Crippen molar-refractivity contribution in [2.45, 2.75) is 84.0 Å². The van der Waals surface area contributed by atoms with Crippen LogP contribution in [0.1, 0.15) is 89.5 Å². The molecule has 0 aliphatic heterocycles. The lowest BCUT2D eigenvalue weighted by Crippen LogP contribution is -2.17. The molecule has 0 aromatic heterocycles. The van der Waals surface area contributed by atoms with Crippen LogP contribution in [0.5, 0.6) is 5.75 Å². The third kappa shape index (κ3) is 12.2. The van der Waals surface area contributed by atoms with Crippen molar-refractivity contribution in [2.24, 2.45) is 5.10 Å². The Balaban J connectivity index is 2.07. The summed E-state index contributed by atoms with van der Waals surface area (Å²) in [5, 5.41) is 4.02. The van der Waals surface area contributed by atoms with Crippen LogP contribution in [-0.2, 0) is 4.79 Å². The lowest BCUT2D eigenvalue weighted by Gasteiger charge is -2.05. The molecule has 1 rings (SSSR count). The van der Waals surface area contributed by atoms with Gasteiger partial charge in [-0.05, 0) is 18.6 Å². The Labute approximate surface area is 171 Å². The monoisotopic (exact) mass is 384 g/mol. The maximum Gasteiger partial charge on any atom is 0.240 e. The van der Waals surface area contributed by atoms with Gasteiger partial charge < -0.3 is 4.74 Å². The minimum atomic E-state index is -0.0470. The number of nitrogens with zero attached hydrogens (tertiary/aromatic N) is 1. The third-order valence-electron chi connectivity index (χ3n) is 4.63. The lowest BCUT2D eigenvalue weighted by molar-refractivity contribution is -0.121. The van der Waals surface area contributed by atoms with Crippen LogP contribution in [0.3, 0.4) is 0 Å². The molecule has 0 spiro atoms. The van der Waals surface area contributed by atoms with Gasteiger partial charge in [-0.1, -0.05) is 89.2 Å². The smallest absolute Gasteiger partial charge is 0.240 e. The molecule has 4 heteroatoms. The van der Waals surface area contributed by atoms with Crippen LogP contribution in [0, 0.1) is 12.3 Å². The van der Waals surface area contributed by atoms with E-state index >= 15 is 0 Å². The molecule has 0 saturated carbocycles. The Morgan fingerprint density at radius 3 is 2.29 bits per heavy atom. The molecule has 0 radical (unpaired) electrons. The van der Waals surface area contributed by atoms with Gasteiger partial charge in [-0.3, -0.25) is 4.79 Å². The van der Waals surface area contributed by atoms with Crippen LogP contribution >= 0.6 is 0 Å². The number of hydrogen-bond acceptors (Lipinski definition) is 3. The van der Waals surface area contributed by atoms with Gasteiger partial charge in [0.25, 0.3) is 0 Å². The second-order valence-corrected chi connectivity index (χ2v) is 7.11. The average molecular weight is 385 g/mol. The van der Waals surface area contributed by atoms with Gasteiger partial charge in [0.2, 0.25) is 5.91 Å². The third-order valence-corrected chi connectivity index (χ3v) is 4.63. The quantitative estimate of drug-likeness (QED) is 0.168. The molecule has 0 unspecified atom stereocenters. The van der Waals surface area contributed by atoms with Gasteiger partial charge in [0, 0.05) is 12.0 Å². The molecule has 0 aliphatic rings. The van der Waals surface area contributed by atoms with E-state index in [9.17, 15) is 4.79 Å². The molecule has 28 heavy (non-hydrogen) atoms. The number of unbranched alkanes of at least 4 members (excludes halogenated alkanes) is 10. The van der Waals surface area contributed by atoms with Gasteiger partial charge in [-0.2, -0.15) is 5.10 Å². The molecule has 4 nitrogen and oxygen atoms in total. The number of terminal acetylenes is 1. The number of amides is 1. The highest BCUT2D eigenvalue weighted by atomic mass is 16.5. The van der Waals surface area contributed by atoms with Crippen LogP contribution in [0.2, 0.25) is 0 Å². The zero-order valence-corrected chi connectivity index (χ0v) is 17.4. The second-order valence-electron chi connectivity index (χ2n) is 7.11. The summed E-state index contributed by atoms with van der Waals surface area (Å²) in [6.07, 6.45) is 21.3. The summed E-state index contributed by atoms with van der Waals surface area (Å²) < 4.78 is 5.45. The predicted molar refractivity (Wildman–Crippen MR) is 118 cm³/mol. The maximum atomic E-state index is 11.9. The van der Waals surface area contributed by atoms with Gasteiger partial charge in [0.05, 0.1) is 6.21 Å². The zero-order chi connectivity index (χ0) is 20.3. The van der Waals surface area contributed by atoms with Gasteiger partial charge in [0.15, 0.2) is 0 Å². The first-order chi connectivity index (χ1) is 13.8. The van der Waals surface area contributed by atoms with Gasteiger partial charge in [0.1, 0.15) is 12.4 Å². The standard InChI is InChI=1S/C24H36N2O2/c1-3-5-6-7-8-9-10-11-12-13-14-19-24(27)26-25-21-22-17-15-16-18-23(22)28-20-4-2/h2,15-18,21H,3,5-14,19-20H2,1H3,(H,26,27)/b25-21-. The van der Waals surface area contributed by atoms with Crippen LogP contribution in [0.15, 0.2) is 29.4 Å². The van der Waals surface area contributed by atoms with Crippen molar-refractivity contribution >= 4 is 12.1 Å². The summed E-state index contributed by atoms with van der Waals surface area (Å²) >= 11 is 0. The molecule has 0 aliphatic carbocycles. The number of benzene rings is 1. The van der Waals surface area contributed by atoms with E-state index in [1.807, 2.05) is 24.3 Å². The highest BCUT2D eigenvalue weighted by molar-refractivity contribution is 5.85. The number of hydrazone groups is 1. The summed E-state index contributed by atoms with van der Waals surface area (Å²) in [5.41, 5.74) is 3.37. The molecular formula is C24H36N2O2. The number of rotatable bonds is 16. The van der Waals surface area contributed by atoms with E-state index < -0.39 is 0 Å². The topological polar surface area (TPSA) is 50.7 Å². The van der Waals surface area contributed by atoms with Crippen molar-refractivity contribution in [1.29, 1.82) is 0 Å². The highest BCUT2D eigenvalue weighted by Gasteiger charge is 2.01. The van der Waals surface area contributed by atoms with E-state index in [-0.39, 0.29) is 12.5 Å². The van der Waals surface area contributed by atoms with Crippen LogP contribution < -0.4 is 10.2 Å². The van der Waals surface area contributed by atoms with E-state index in [2.05, 4.69) is 23.4 Å². The molecule has 0 fully saturated rings. The maximum absolute atomic E-state index is 11.9. The van der Waals surface area contributed by atoms with E-state index in [0.717, 1.165) is 18.4 Å². The van der Waals surface area contributed by atoms with Crippen LogP contribution in [-0.4, -0.2) is 18.7 Å². The number of carbonyl (C=O) groups excluding carboxylic acids is 1. The molecule has 1 N–H and O–H groups in total. The predicted octanol–water partition coefficient (Wildman–Crippen LogP) is 5.85. The summed E-state index contributed by atoms with van der Waals surface area (Å²) in [4.78, 5) is 11.9. The Kier molecular flexibility index (Phi) is 14.3. The molecule has 1 aromatic rings. The van der Waals surface area contributed by atoms with E-state index in [1.54, 1.807) is 6.21 Å². The average Bonchev–Trinajstić information content (AvgIpc) is 2.71. The zero-order valence-electron chi connectivity index (χ0n) is 17.4. The first-order valence-corrected chi connectivity index (χ1v) is 10.7. The Morgan fingerprint density at radius 2 is 1.64 bits per heavy atom.